The molecular weight excluding hydrogens is 247 g/mol. The second-order valence-electron chi connectivity index (χ2n) is 4.48. The molecule has 0 aliphatic rings. The van der Waals surface area contributed by atoms with Crippen molar-refractivity contribution in [3.05, 3.63) is 53.2 Å². The Morgan fingerprint density at radius 1 is 1.37 bits per heavy atom. The van der Waals surface area contributed by atoms with Gasteiger partial charge in [-0.2, -0.15) is 0 Å². The fourth-order valence-electron chi connectivity index (χ4n) is 1.78. The Bertz CT molecular complexity index is 577. The molecule has 2 rings (SSSR count). The van der Waals surface area contributed by atoms with Gasteiger partial charge in [-0.15, -0.1) is 0 Å². The minimum Gasteiger partial charge on any atom is -0.351 e. The fourth-order valence-corrected chi connectivity index (χ4v) is 1.78. The number of carbonyl (C=O) groups is 1. The van der Waals surface area contributed by atoms with E-state index in [-0.39, 0.29) is 23.5 Å². The van der Waals surface area contributed by atoms with Gasteiger partial charge in [-0.25, -0.2) is 4.39 Å². The van der Waals surface area contributed by atoms with Crippen molar-refractivity contribution in [1.29, 1.82) is 0 Å². The molecular formula is C14H15FN2O2. The van der Waals surface area contributed by atoms with Gasteiger partial charge in [-0.1, -0.05) is 17.3 Å². The number of hydrogen-bond acceptors (Lipinski definition) is 3. The second-order valence-corrected chi connectivity index (χ2v) is 4.48. The van der Waals surface area contributed by atoms with Crippen molar-refractivity contribution in [3.8, 4) is 0 Å². The summed E-state index contributed by atoms with van der Waals surface area (Å²) >= 11 is 0. The summed E-state index contributed by atoms with van der Waals surface area (Å²) in [5.74, 6) is -0.345. The number of hydrogen-bond donors (Lipinski definition) is 0. The summed E-state index contributed by atoms with van der Waals surface area (Å²) in [5, 5.41) is 3.69. The summed E-state index contributed by atoms with van der Waals surface area (Å²) < 4.78 is 17.8. The van der Waals surface area contributed by atoms with E-state index < -0.39 is 0 Å². The highest BCUT2D eigenvalue weighted by atomic mass is 19.1. The van der Waals surface area contributed by atoms with E-state index in [9.17, 15) is 9.18 Å². The van der Waals surface area contributed by atoms with Crippen LogP contribution in [-0.4, -0.2) is 23.0 Å². The number of amides is 1. The van der Waals surface area contributed by atoms with E-state index >= 15 is 0 Å². The summed E-state index contributed by atoms with van der Waals surface area (Å²) in [6, 6.07) is 7.49. The Balaban J connectivity index is 2.16. The molecule has 1 heterocycles. The smallest absolute Gasteiger partial charge is 0.292 e. The quantitative estimate of drug-likeness (QED) is 0.854. The van der Waals surface area contributed by atoms with Gasteiger partial charge in [-0.3, -0.25) is 4.79 Å². The summed E-state index contributed by atoms with van der Waals surface area (Å²) in [4.78, 5) is 13.7. The van der Waals surface area contributed by atoms with Crippen molar-refractivity contribution in [2.24, 2.45) is 0 Å². The van der Waals surface area contributed by atoms with Crippen molar-refractivity contribution in [2.75, 3.05) is 7.05 Å². The lowest BCUT2D eigenvalue weighted by atomic mass is 10.1. The van der Waals surface area contributed by atoms with Gasteiger partial charge in [0, 0.05) is 13.1 Å². The first kappa shape index (κ1) is 13.3. The Kier molecular flexibility index (Phi) is 3.64. The third-order valence-electron chi connectivity index (χ3n) is 3.09. The number of halogens is 1. The van der Waals surface area contributed by atoms with Crippen molar-refractivity contribution in [3.63, 3.8) is 0 Å². The van der Waals surface area contributed by atoms with Gasteiger partial charge in [0.05, 0.1) is 11.7 Å². The first-order chi connectivity index (χ1) is 8.99. The summed E-state index contributed by atoms with van der Waals surface area (Å²) in [7, 11) is 1.67. The lowest BCUT2D eigenvalue weighted by Crippen LogP contribution is -2.29. The largest absolute Gasteiger partial charge is 0.351 e. The van der Waals surface area contributed by atoms with Crippen LogP contribution in [0.25, 0.3) is 0 Å². The van der Waals surface area contributed by atoms with Crippen LogP contribution in [0.3, 0.4) is 0 Å². The van der Waals surface area contributed by atoms with E-state index in [0.717, 1.165) is 5.56 Å². The molecule has 0 N–H and O–H groups in total. The van der Waals surface area contributed by atoms with Crippen molar-refractivity contribution < 1.29 is 13.7 Å². The SMILES string of the molecule is Cc1cc(C(=O)N(C)C(C)c2ccc(F)cc2)on1. The maximum atomic E-state index is 12.9. The van der Waals surface area contributed by atoms with Crippen molar-refractivity contribution in [2.45, 2.75) is 19.9 Å². The van der Waals surface area contributed by atoms with Gasteiger partial charge >= 0.3 is 0 Å². The molecule has 1 unspecified atom stereocenters. The number of nitrogens with zero attached hydrogens (tertiary/aromatic N) is 2. The molecule has 100 valence electrons. The molecule has 1 aromatic carbocycles. The number of carbonyl (C=O) groups excluding carboxylic acids is 1. The fraction of sp³-hybridized carbons (Fsp3) is 0.286. The van der Waals surface area contributed by atoms with Crippen LogP contribution in [0.5, 0.6) is 0 Å². The third-order valence-corrected chi connectivity index (χ3v) is 3.09. The first-order valence-corrected chi connectivity index (χ1v) is 5.95. The zero-order valence-electron chi connectivity index (χ0n) is 11.1. The van der Waals surface area contributed by atoms with E-state index in [1.807, 2.05) is 6.92 Å². The van der Waals surface area contributed by atoms with Crippen LogP contribution in [0.1, 0.15) is 34.8 Å². The molecule has 4 nitrogen and oxygen atoms in total. The van der Waals surface area contributed by atoms with Crippen LogP contribution in [0.15, 0.2) is 34.9 Å². The van der Waals surface area contributed by atoms with Gasteiger partial charge in [0.25, 0.3) is 5.91 Å². The lowest BCUT2D eigenvalue weighted by Gasteiger charge is -2.24. The highest BCUT2D eigenvalue weighted by Crippen LogP contribution is 2.21. The summed E-state index contributed by atoms with van der Waals surface area (Å²) in [5.41, 5.74) is 1.51. The highest BCUT2D eigenvalue weighted by Gasteiger charge is 2.22. The van der Waals surface area contributed by atoms with Crippen LogP contribution >= 0.6 is 0 Å². The van der Waals surface area contributed by atoms with Crippen LogP contribution in [-0.2, 0) is 0 Å². The molecule has 19 heavy (non-hydrogen) atoms. The Morgan fingerprint density at radius 2 is 2.00 bits per heavy atom. The Labute approximate surface area is 110 Å². The number of aromatic nitrogens is 1. The molecule has 1 amide bonds. The average Bonchev–Trinajstić information content (AvgIpc) is 2.84. The van der Waals surface area contributed by atoms with E-state index in [0.29, 0.717) is 5.69 Å². The first-order valence-electron chi connectivity index (χ1n) is 5.95. The van der Waals surface area contributed by atoms with Gasteiger partial charge in [0.15, 0.2) is 0 Å². The summed E-state index contributed by atoms with van der Waals surface area (Å²) in [6.07, 6.45) is 0. The standard InChI is InChI=1S/C14H15FN2O2/c1-9-8-13(19-16-9)14(18)17(3)10(2)11-4-6-12(15)7-5-11/h4-8,10H,1-3H3. The Hall–Kier alpha value is -2.17. The van der Waals surface area contributed by atoms with E-state index in [1.165, 1.54) is 17.0 Å². The molecule has 0 aliphatic carbocycles. The molecule has 0 fully saturated rings. The Morgan fingerprint density at radius 3 is 2.53 bits per heavy atom. The topological polar surface area (TPSA) is 46.3 Å². The van der Waals surface area contributed by atoms with Crippen molar-refractivity contribution in [1.82, 2.24) is 10.1 Å². The van der Waals surface area contributed by atoms with Gasteiger partial charge in [0.2, 0.25) is 5.76 Å². The zero-order chi connectivity index (χ0) is 14.0. The monoisotopic (exact) mass is 262 g/mol. The van der Waals surface area contributed by atoms with E-state index in [2.05, 4.69) is 5.16 Å². The predicted molar refractivity (Wildman–Crippen MR) is 68.1 cm³/mol. The maximum absolute atomic E-state index is 12.9. The molecule has 1 atom stereocenters. The maximum Gasteiger partial charge on any atom is 0.292 e. The molecule has 0 bridgehead atoms. The molecule has 1 aromatic heterocycles. The molecule has 0 saturated heterocycles. The lowest BCUT2D eigenvalue weighted by molar-refractivity contribution is 0.0700. The van der Waals surface area contributed by atoms with Crippen molar-refractivity contribution >= 4 is 5.91 Å². The minimum atomic E-state index is -0.296. The molecule has 0 saturated carbocycles. The van der Waals surface area contributed by atoms with Gasteiger partial charge in [-0.05, 0) is 31.5 Å². The highest BCUT2D eigenvalue weighted by molar-refractivity contribution is 5.91. The number of rotatable bonds is 3. The number of aryl methyl sites for hydroxylation is 1. The normalized spacial score (nSPS) is 12.2. The third kappa shape index (κ3) is 2.81. The van der Waals surface area contributed by atoms with E-state index in [1.54, 1.807) is 32.2 Å². The molecule has 0 radical (unpaired) electrons. The van der Waals surface area contributed by atoms with Gasteiger partial charge < -0.3 is 9.42 Å². The molecule has 0 aliphatic heterocycles. The van der Waals surface area contributed by atoms with Crippen LogP contribution in [0, 0.1) is 12.7 Å². The molecule has 0 spiro atoms. The number of benzene rings is 1. The zero-order valence-corrected chi connectivity index (χ0v) is 11.1. The summed E-state index contributed by atoms with van der Waals surface area (Å²) in [6.45, 7) is 3.62. The average molecular weight is 262 g/mol. The van der Waals surface area contributed by atoms with Crippen LogP contribution in [0.4, 0.5) is 4.39 Å². The molecule has 2 aromatic rings. The van der Waals surface area contributed by atoms with E-state index in [4.69, 9.17) is 4.52 Å². The molecule has 5 heteroatoms. The van der Waals surface area contributed by atoms with Crippen LogP contribution in [0.2, 0.25) is 0 Å². The predicted octanol–water partition coefficient (Wildman–Crippen LogP) is 2.96. The second kappa shape index (κ2) is 5.22. The minimum absolute atomic E-state index is 0.182. The van der Waals surface area contributed by atoms with Crippen LogP contribution < -0.4 is 0 Å². The van der Waals surface area contributed by atoms with Gasteiger partial charge in [0.1, 0.15) is 5.82 Å².